The Kier molecular flexibility index (Phi) is 5.43. The summed E-state index contributed by atoms with van der Waals surface area (Å²) in [5.41, 5.74) is 0.203. The quantitative estimate of drug-likeness (QED) is 0.839. The zero-order chi connectivity index (χ0) is 19.7. The number of pyridine rings is 1. The van der Waals surface area contributed by atoms with Crippen molar-refractivity contribution in [1.29, 1.82) is 0 Å². The van der Waals surface area contributed by atoms with Gasteiger partial charge >= 0.3 is 5.97 Å². The Labute approximate surface area is 161 Å². The first kappa shape index (κ1) is 19.3. The Hall–Kier alpha value is -2.51. The summed E-state index contributed by atoms with van der Waals surface area (Å²) in [4.78, 5) is 23.7. The molecule has 2 heterocycles. The van der Waals surface area contributed by atoms with Crippen molar-refractivity contribution in [2.24, 2.45) is 0 Å². The number of ether oxygens (including phenoxy) is 3. The van der Waals surface area contributed by atoms with E-state index in [1.807, 2.05) is 13.8 Å². The molecular weight excluding hydrogens is 374 g/mol. The molecule has 1 aromatic carbocycles. The number of carbonyl (C=O) groups is 1. The Morgan fingerprint density at radius 3 is 2.78 bits per heavy atom. The first-order valence-corrected chi connectivity index (χ1v) is 8.81. The smallest absolute Gasteiger partial charge is 0.341 e. The Morgan fingerprint density at radius 2 is 2.15 bits per heavy atom. The van der Waals surface area contributed by atoms with Gasteiger partial charge < -0.3 is 23.9 Å². The number of benzene rings is 1. The number of carboxylic acid groups (broad SMARTS) is 1. The zero-order valence-electron chi connectivity index (χ0n) is 15.2. The van der Waals surface area contributed by atoms with Crippen LogP contribution in [0, 0.1) is 0 Å². The van der Waals surface area contributed by atoms with E-state index in [0.717, 1.165) is 0 Å². The maximum Gasteiger partial charge on any atom is 0.341 e. The SMILES string of the molecule is COc1cc2c(cc1Cl)-c1cc(=O)c(C(=O)O)cn1C(COC(C)C)CO2. The molecule has 0 amide bonds. The number of carboxylic acids is 1. The van der Waals surface area contributed by atoms with Crippen LogP contribution in [0.2, 0.25) is 5.02 Å². The molecule has 0 radical (unpaired) electrons. The fourth-order valence-corrected chi connectivity index (χ4v) is 3.18. The lowest BCUT2D eigenvalue weighted by Gasteiger charge is -2.22. The maximum absolute atomic E-state index is 12.3. The van der Waals surface area contributed by atoms with Crippen molar-refractivity contribution < 1.29 is 24.1 Å². The molecule has 27 heavy (non-hydrogen) atoms. The molecule has 0 saturated heterocycles. The van der Waals surface area contributed by atoms with Crippen molar-refractivity contribution in [2.45, 2.75) is 26.0 Å². The van der Waals surface area contributed by atoms with E-state index in [9.17, 15) is 14.7 Å². The molecule has 0 spiro atoms. The fraction of sp³-hybridized carbons (Fsp3) is 0.368. The molecule has 0 saturated carbocycles. The van der Waals surface area contributed by atoms with E-state index < -0.39 is 11.4 Å². The second kappa shape index (κ2) is 7.62. The molecule has 3 rings (SSSR count). The highest BCUT2D eigenvalue weighted by atomic mass is 35.5. The third kappa shape index (κ3) is 3.79. The second-order valence-electron chi connectivity index (χ2n) is 6.48. The largest absolute Gasteiger partial charge is 0.495 e. The first-order valence-electron chi connectivity index (χ1n) is 8.43. The van der Waals surface area contributed by atoms with Crippen LogP contribution in [0.5, 0.6) is 11.5 Å². The number of nitrogens with zero attached hydrogens (tertiary/aromatic N) is 1. The minimum absolute atomic E-state index is 0.00746. The molecule has 1 unspecified atom stereocenters. The van der Waals surface area contributed by atoms with Gasteiger partial charge in [-0.2, -0.15) is 0 Å². The zero-order valence-corrected chi connectivity index (χ0v) is 15.9. The Bertz CT molecular complexity index is 937. The van der Waals surface area contributed by atoms with E-state index in [1.165, 1.54) is 19.4 Å². The number of methoxy groups -OCH3 is 1. The summed E-state index contributed by atoms with van der Waals surface area (Å²) in [6.07, 6.45) is 1.33. The highest BCUT2D eigenvalue weighted by molar-refractivity contribution is 6.32. The number of hydrogen-bond acceptors (Lipinski definition) is 5. The van der Waals surface area contributed by atoms with Crippen molar-refractivity contribution in [2.75, 3.05) is 20.3 Å². The molecule has 1 N–H and O–H groups in total. The van der Waals surface area contributed by atoms with Gasteiger partial charge in [0.2, 0.25) is 0 Å². The van der Waals surface area contributed by atoms with Gasteiger partial charge in [0.1, 0.15) is 23.7 Å². The van der Waals surface area contributed by atoms with Crippen LogP contribution in [0.3, 0.4) is 0 Å². The predicted molar refractivity (Wildman–Crippen MR) is 100 cm³/mol. The van der Waals surface area contributed by atoms with Crippen LogP contribution >= 0.6 is 11.6 Å². The minimum Gasteiger partial charge on any atom is -0.495 e. The van der Waals surface area contributed by atoms with Crippen molar-refractivity contribution in [3.05, 3.63) is 45.2 Å². The molecule has 8 heteroatoms. The molecule has 1 atom stereocenters. The van der Waals surface area contributed by atoms with Crippen molar-refractivity contribution in [3.8, 4) is 22.8 Å². The van der Waals surface area contributed by atoms with Gasteiger partial charge in [-0.1, -0.05) is 11.6 Å². The minimum atomic E-state index is -1.28. The number of aromatic nitrogens is 1. The van der Waals surface area contributed by atoms with Gasteiger partial charge in [0.25, 0.3) is 0 Å². The second-order valence-corrected chi connectivity index (χ2v) is 6.89. The highest BCUT2D eigenvalue weighted by Gasteiger charge is 2.26. The third-order valence-electron chi connectivity index (χ3n) is 4.29. The summed E-state index contributed by atoms with van der Waals surface area (Å²) in [7, 11) is 1.50. The number of aromatic carboxylic acids is 1. The first-order chi connectivity index (χ1) is 12.8. The van der Waals surface area contributed by atoms with Crippen LogP contribution in [0.15, 0.2) is 29.2 Å². The van der Waals surface area contributed by atoms with Crippen LogP contribution in [0.25, 0.3) is 11.3 Å². The molecule has 0 fully saturated rings. The van der Waals surface area contributed by atoms with E-state index in [1.54, 1.807) is 16.7 Å². The van der Waals surface area contributed by atoms with E-state index in [0.29, 0.717) is 34.4 Å². The van der Waals surface area contributed by atoms with Crippen LogP contribution in [0.4, 0.5) is 0 Å². The summed E-state index contributed by atoms with van der Waals surface area (Å²) in [5.74, 6) is -0.333. The van der Waals surface area contributed by atoms with Gasteiger partial charge in [-0.15, -0.1) is 0 Å². The van der Waals surface area contributed by atoms with Gasteiger partial charge in [-0.25, -0.2) is 4.79 Å². The highest BCUT2D eigenvalue weighted by Crippen LogP contribution is 2.41. The lowest BCUT2D eigenvalue weighted by Crippen LogP contribution is -2.26. The number of rotatable bonds is 5. The molecule has 7 nitrogen and oxygen atoms in total. The normalized spacial score (nSPS) is 15.5. The molecule has 144 valence electrons. The van der Waals surface area contributed by atoms with Gasteiger partial charge in [-0.05, 0) is 19.9 Å². The molecule has 1 aliphatic heterocycles. The van der Waals surface area contributed by atoms with E-state index >= 15 is 0 Å². The molecule has 2 aromatic rings. The topological polar surface area (TPSA) is 87.0 Å². The summed E-state index contributed by atoms with van der Waals surface area (Å²) in [5, 5.41) is 9.70. The van der Waals surface area contributed by atoms with Crippen molar-refractivity contribution in [3.63, 3.8) is 0 Å². The average Bonchev–Trinajstić information content (AvgIpc) is 2.75. The summed E-state index contributed by atoms with van der Waals surface area (Å²) < 4.78 is 18.6. The van der Waals surface area contributed by atoms with E-state index in [-0.39, 0.29) is 24.3 Å². The lowest BCUT2D eigenvalue weighted by atomic mass is 10.1. The van der Waals surface area contributed by atoms with E-state index in [4.69, 9.17) is 25.8 Å². The summed E-state index contributed by atoms with van der Waals surface area (Å²) in [6.45, 7) is 4.35. The Balaban J connectivity index is 2.21. The molecule has 1 aromatic heterocycles. The van der Waals surface area contributed by atoms with E-state index in [2.05, 4.69) is 0 Å². The fourth-order valence-electron chi connectivity index (χ4n) is 2.94. The summed E-state index contributed by atoms with van der Waals surface area (Å²) in [6, 6.07) is 4.27. The third-order valence-corrected chi connectivity index (χ3v) is 4.58. The van der Waals surface area contributed by atoms with Crippen LogP contribution in [-0.4, -0.2) is 42.1 Å². The lowest BCUT2D eigenvalue weighted by molar-refractivity contribution is 0.0422. The maximum atomic E-state index is 12.3. The monoisotopic (exact) mass is 393 g/mol. The van der Waals surface area contributed by atoms with Crippen LogP contribution in [-0.2, 0) is 4.74 Å². The summed E-state index contributed by atoms with van der Waals surface area (Å²) >= 11 is 6.25. The van der Waals surface area contributed by atoms with Crippen LogP contribution < -0.4 is 14.9 Å². The molecule has 0 bridgehead atoms. The van der Waals surface area contributed by atoms with Gasteiger partial charge in [0, 0.05) is 23.9 Å². The van der Waals surface area contributed by atoms with Gasteiger partial charge in [0.15, 0.2) is 5.43 Å². The van der Waals surface area contributed by atoms with Gasteiger partial charge in [0.05, 0.1) is 36.6 Å². The number of halogens is 1. The predicted octanol–water partition coefficient (Wildman–Crippen LogP) is 3.23. The Morgan fingerprint density at radius 1 is 1.41 bits per heavy atom. The van der Waals surface area contributed by atoms with Crippen molar-refractivity contribution in [1.82, 2.24) is 4.57 Å². The number of hydrogen-bond donors (Lipinski definition) is 1. The molecule has 0 aliphatic carbocycles. The van der Waals surface area contributed by atoms with Crippen LogP contribution in [0.1, 0.15) is 30.2 Å². The molecule has 1 aliphatic rings. The standard InChI is InChI=1S/C19H20ClNO6/c1-10(2)26-8-11-9-27-17-6-18(25-3)14(20)4-12(17)15-5-16(22)13(19(23)24)7-21(11)15/h4-7,10-11H,8-9H2,1-3H3,(H,23,24). The number of fused-ring (bicyclic) bond motifs is 3. The van der Waals surface area contributed by atoms with Gasteiger partial charge in [-0.3, -0.25) is 4.79 Å². The molecular formula is C19H20ClNO6. The van der Waals surface area contributed by atoms with Crippen molar-refractivity contribution >= 4 is 17.6 Å². The average molecular weight is 394 g/mol.